The molecule has 9 aromatic carbocycles. The lowest BCUT2D eigenvalue weighted by Crippen LogP contribution is -2.02. The molecule has 2 aromatic heterocycles. The molecule has 0 aliphatic heterocycles. The van der Waals surface area contributed by atoms with E-state index < -0.39 is 0 Å². The molecule has 0 saturated carbocycles. The molecule has 11 rings (SSSR count). The molecule has 0 amide bonds. The molecular formula is C51H32N4. The quantitative estimate of drug-likeness (QED) is 0.133. The molecule has 0 N–H and O–H groups in total. The highest BCUT2D eigenvalue weighted by molar-refractivity contribution is 6.19. The summed E-state index contributed by atoms with van der Waals surface area (Å²) in [5.74, 6) is 1.89. The first kappa shape index (κ1) is 31.1. The summed E-state index contributed by atoms with van der Waals surface area (Å²) in [5.41, 5.74) is 8.40. The summed E-state index contributed by atoms with van der Waals surface area (Å²) in [6.07, 6.45) is 0. The minimum atomic E-state index is 0.618. The Kier molecular flexibility index (Phi) is 7.14. The number of rotatable bonds is 5. The maximum absolute atomic E-state index is 5.40. The molecule has 0 spiro atoms. The van der Waals surface area contributed by atoms with Gasteiger partial charge >= 0.3 is 0 Å². The van der Waals surface area contributed by atoms with Gasteiger partial charge in [-0.3, -0.25) is 0 Å². The SMILES string of the molecule is c1ccc(-c2ccccc2-c2nc(-c3cccc(-n4c5ccccc5c5ccccc54)c3)nc(-c3c4ccccc4cc4c3ccc3ccccc34)n2)cc1. The highest BCUT2D eigenvalue weighted by Crippen LogP contribution is 2.40. The maximum atomic E-state index is 5.40. The van der Waals surface area contributed by atoms with Crippen LogP contribution in [0, 0.1) is 0 Å². The highest BCUT2D eigenvalue weighted by atomic mass is 15.0. The zero-order chi connectivity index (χ0) is 36.3. The first-order valence-corrected chi connectivity index (χ1v) is 18.6. The Hall–Kier alpha value is -7.43. The van der Waals surface area contributed by atoms with Crippen molar-refractivity contribution in [1.82, 2.24) is 19.5 Å². The lowest BCUT2D eigenvalue weighted by Gasteiger charge is -2.16. The van der Waals surface area contributed by atoms with E-state index in [1.807, 2.05) is 6.07 Å². The molecule has 11 aromatic rings. The first-order chi connectivity index (χ1) is 27.3. The van der Waals surface area contributed by atoms with Crippen molar-refractivity contribution in [2.24, 2.45) is 0 Å². The number of aromatic nitrogens is 4. The molecule has 0 saturated heterocycles. The van der Waals surface area contributed by atoms with Gasteiger partial charge in [0.05, 0.1) is 11.0 Å². The molecule has 0 aliphatic carbocycles. The summed E-state index contributed by atoms with van der Waals surface area (Å²) in [4.78, 5) is 16.1. The molecule has 4 nitrogen and oxygen atoms in total. The first-order valence-electron chi connectivity index (χ1n) is 18.6. The van der Waals surface area contributed by atoms with Crippen LogP contribution in [-0.2, 0) is 0 Å². The van der Waals surface area contributed by atoms with Gasteiger partial charge < -0.3 is 4.57 Å². The zero-order valence-corrected chi connectivity index (χ0v) is 29.8. The van der Waals surface area contributed by atoms with E-state index in [9.17, 15) is 0 Å². The third-order valence-corrected chi connectivity index (χ3v) is 10.8. The van der Waals surface area contributed by atoms with Crippen LogP contribution in [0.2, 0.25) is 0 Å². The summed E-state index contributed by atoms with van der Waals surface area (Å²) < 4.78 is 2.34. The summed E-state index contributed by atoms with van der Waals surface area (Å²) >= 11 is 0. The van der Waals surface area contributed by atoms with Gasteiger partial charge in [-0.1, -0.05) is 164 Å². The molecule has 4 heteroatoms. The van der Waals surface area contributed by atoms with Crippen molar-refractivity contribution < 1.29 is 0 Å². The molecule has 0 aliphatic rings. The molecule has 2 heterocycles. The predicted octanol–water partition coefficient (Wildman–Crippen LogP) is 13.1. The summed E-state index contributed by atoms with van der Waals surface area (Å²) in [7, 11) is 0. The maximum Gasteiger partial charge on any atom is 0.165 e. The Balaban J connectivity index is 1.20. The van der Waals surface area contributed by atoms with E-state index in [2.05, 4.69) is 193 Å². The second-order valence-electron chi connectivity index (χ2n) is 14.0. The topological polar surface area (TPSA) is 43.6 Å². The van der Waals surface area contributed by atoms with Crippen molar-refractivity contribution in [3.63, 3.8) is 0 Å². The van der Waals surface area contributed by atoms with Gasteiger partial charge in [-0.15, -0.1) is 0 Å². The van der Waals surface area contributed by atoms with Crippen molar-refractivity contribution in [2.45, 2.75) is 0 Å². The second-order valence-corrected chi connectivity index (χ2v) is 14.0. The fourth-order valence-electron chi connectivity index (χ4n) is 8.33. The average molecular weight is 701 g/mol. The van der Waals surface area contributed by atoms with Crippen LogP contribution in [0.1, 0.15) is 0 Å². The van der Waals surface area contributed by atoms with Crippen LogP contribution in [-0.4, -0.2) is 19.5 Å². The van der Waals surface area contributed by atoms with Crippen molar-refractivity contribution in [1.29, 1.82) is 0 Å². The summed E-state index contributed by atoms with van der Waals surface area (Å²) in [6.45, 7) is 0. The number of nitrogens with zero attached hydrogens (tertiary/aromatic N) is 4. The lowest BCUT2D eigenvalue weighted by molar-refractivity contribution is 1.08. The van der Waals surface area contributed by atoms with Gasteiger partial charge in [0.1, 0.15) is 0 Å². The zero-order valence-electron chi connectivity index (χ0n) is 29.8. The number of hydrogen-bond donors (Lipinski definition) is 0. The molecule has 0 atom stereocenters. The highest BCUT2D eigenvalue weighted by Gasteiger charge is 2.20. The third kappa shape index (κ3) is 5.11. The van der Waals surface area contributed by atoms with E-state index in [1.165, 1.54) is 26.9 Å². The van der Waals surface area contributed by atoms with Crippen molar-refractivity contribution in [3.05, 3.63) is 194 Å². The Morgan fingerprint density at radius 3 is 1.67 bits per heavy atom. The molecule has 0 bridgehead atoms. The predicted molar refractivity (Wildman–Crippen MR) is 228 cm³/mol. The van der Waals surface area contributed by atoms with Crippen LogP contribution >= 0.6 is 0 Å². The van der Waals surface area contributed by atoms with Gasteiger partial charge in [0, 0.05) is 33.2 Å². The number of fused-ring (bicyclic) bond motifs is 7. The van der Waals surface area contributed by atoms with Crippen LogP contribution in [0.4, 0.5) is 0 Å². The Morgan fingerprint density at radius 1 is 0.309 bits per heavy atom. The van der Waals surface area contributed by atoms with Crippen LogP contribution in [0.3, 0.4) is 0 Å². The van der Waals surface area contributed by atoms with E-state index in [-0.39, 0.29) is 0 Å². The molecule has 256 valence electrons. The van der Waals surface area contributed by atoms with Crippen molar-refractivity contribution in [2.75, 3.05) is 0 Å². The Labute approximate surface area is 317 Å². The van der Waals surface area contributed by atoms with Gasteiger partial charge in [-0.2, -0.15) is 0 Å². The summed E-state index contributed by atoms with van der Waals surface area (Å²) in [5, 5.41) is 9.37. The van der Waals surface area contributed by atoms with E-state index >= 15 is 0 Å². The van der Waals surface area contributed by atoms with Crippen LogP contribution in [0.15, 0.2) is 194 Å². The van der Waals surface area contributed by atoms with Crippen LogP contribution < -0.4 is 0 Å². The second kappa shape index (κ2) is 12.6. The summed E-state index contributed by atoms with van der Waals surface area (Å²) in [6, 6.07) is 68.6. The average Bonchev–Trinajstić information content (AvgIpc) is 3.60. The van der Waals surface area contributed by atoms with Crippen molar-refractivity contribution in [3.8, 4) is 51.0 Å². The Morgan fingerprint density at radius 2 is 0.891 bits per heavy atom. The smallest absolute Gasteiger partial charge is 0.165 e. The third-order valence-electron chi connectivity index (χ3n) is 10.8. The fourth-order valence-corrected chi connectivity index (χ4v) is 8.33. The van der Waals surface area contributed by atoms with Gasteiger partial charge in [0.25, 0.3) is 0 Å². The monoisotopic (exact) mass is 700 g/mol. The van der Waals surface area contributed by atoms with Gasteiger partial charge in [0.2, 0.25) is 0 Å². The molecule has 0 radical (unpaired) electrons. The van der Waals surface area contributed by atoms with Crippen LogP contribution in [0.25, 0.3) is 105 Å². The molecule has 55 heavy (non-hydrogen) atoms. The molecule has 0 unspecified atom stereocenters. The Bertz CT molecular complexity index is 3220. The minimum Gasteiger partial charge on any atom is -0.309 e. The lowest BCUT2D eigenvalue weighted by atomic mass is 9.93. The van der Waals surface area contributed by atoms with E-state index in [1.54, 1.807) is 0 Å². The van der Waals surface area contributed by atoms with E-state index in [4.69, 9.17) is 15.0 Å². The van der Waals surface area contributed by atoms with Gasteiger partial charge in [0.15, 0.2) is 17.5 Å². The number of benzene rings is 9. The van der Waals surface area contributed by atoms with E-state index in [0.29, 0.717) is 17.5 Å². The van der Waals surface area contributed by atoms with E-state index in [0.717, 1.165) is 60.7 Å². The normalized spacial score (nSPS) is 11.6. The van der Waals surface area contributed by atoms with Gasteiger partial charge in [-0.05, 0) is 73.8 Å². The van der Waals surface area contributed by atoms with Crippen molar-refractivity contribution >= 4 is 54.1 Å². The van der Waals surface area contributed by atoms with Gasteiger partial charge in [-0.25, -0.2) is 15.0 Å². The molecule has 0 fully saturated rings. The minimum absolute atomic E-state index is 0.618. The molecular weight excluding hydrogens is 669 g/mol. The number of para-hydroxylation sites is 2. The van der Waals surface area contributed by atoms with Crippen LogP contribution in [0.5, 0.6) is 0 Å². The fraction of sp³-hybridized carbons (Fsp3) is 0. The standard InChI is InChI=1S/C51H32N4/c1-2-15-33(16-3-1)38-21-8-9-26-44(38)50-52-49(36-19-14-20-37(31-36)55-46-27-12-10-24-41(46)42-25-11-13-28-47(42)55)53-51(54-50)48-40-23-7-5-18-35(40)32-45-39-22-6-4-17-34(39)29-30-43(45)48/h1-32H. The largest absolute Gasteiger partial charge is 0.309 e. The number of hydrogen-bond acceptors (Lipinski definition) is 3.